The molecule has 0 aliphatic rings. The molecule has 110 valence electrons. The van der Waals surface area contributed by atoms with Crippen LogP contribution in [0.15, 0.2) is 41.0 Å². The number of benzene rings is 1. The fraction of sp³-hybridized carbons (Fsp3) is 0.250. The van der Waals surface area contributed by atoms with Crippen LogP contribution in [-0.4, -0.2) is 17.0 Å². The molecule has 0 unspecified atom stereocenters. The van der Waals surface area contributed by atoms with E-state index in [9.17, 15) is 4.79 Å². The first kappa shape index (κ1) is 15.5. The van der Waals surface area contributed by atoms with Crippen LogP contribution in [0, 0.1) is 6.92 Å². The van der Waals surface area contributed by atoms with Gasteiger partial charge in [0.2, 0.25) is 5.88 Å². The number of halogens is 1. The molecule has 2 aromatic rings. The van der Waals surface area contributed by atoms with E-state index in [4.69, 9.17) is 4.74 Å². The number of aryl methyl sites for hydroxylation is 1. The van der Waals surface area contributed by atoms with E-state index in [0.717, 1.165) is 10.0 Å². The lowest BCUT2D eigenvalue weighted by molar-refractivity contribution is 0.102. The lowest BCUT2D eigenvalue weighted by Crippen LogP contribution is -2.15. The molecule has 1 aromatic carbocycles. The Morgan fingerprint density at radius 2 is 2.05 bits per heavy atom. The second-order valence-electron chi connectivity index (χ2n) is 4.91. The molecule has 2 rings (SSSR count). The van der Waals surface area contributed by atoms with Gasteiger partial charge in [0.1, 0.15) is 5.69 Å². The summed E-state index contributed by atoms with van der Waals surface area (Å²) in [6.45, 7) is 5.77. The van der Waals surface area contributed by atoms with Crippen molar-refractivity contribution < 1.29 is 9.53 Å². The van der Waals surface area contributed by atoms with E-state index in [0.29, 0.717) is 17.1 Å². The Balaban J connectivity index is 2.26. The molecular formula is C16H17BrN2O2. The zero-order valence-electron chi connectivity index (χ0n) is 12.2. The summed E-state index contributed by atoms with van der Waals surface area (Å²) in [6, 6.07) is 9.09. The van der Waals surface area contributed by atoms with E-state index in [1.807, 2.05) is 32.9 Å². The number of aromatic nitrogens is 1. The minimum Gasteiger partial charge on any atom is -0.473 e. The van der Waals surface area contributed by atoms with Crippen molar-refractivity contribution >= 4 is 27.5 Å². The maximum Gasteiger partial charge on any atom is 0.256 e. The van der Waals surface area contributed by atoms with Crippen molar-refractivity contribution in [1.29, 1.82) is 0 Å². The van der Waals surface area contributed by atoms with Crippen molar-refractivity contribution in [2.24, 2.45) is 0 Å². The van der Waals surface area contributed by atoms with Gasteiger partial charge in [-0.15, -0.1) is 0 Å². The van der Waals surface area contributed by atoms with Crippen molar-refractivity contribution in [1.82, 2.24) is 4.98 Å². The molecule has 0 radical (unpaired) electrons. The van der Waals surface area contributed by atoms with Crippen molar-refractivity contribution in [3.63, 3.8) is 0 Å². The predicted octanol–water partition coefficient (Wildman–Crippen LogP) is 4.19. The lowest BCUT2D eigenvalue weighted by atomic mass is 10.1. The van der Waals surface area contributed by atoms with Gasteiger partial charge < -0.3 is 10.1 Å². The summed E-state index contributed by atoms with van der Waals surface area (Å²) in [5, 5.41) is 2.84. The minimum absolute atomic E-state index is 0.0127. The van der Waals surface area contributed by atoms with Gasteiger partial charge in [0.25, 0.3) is 5.91 Å². The molecule has 1 N–H and O–H groups in total. The van der Waals surface area contributed by atoms with Crippen LogP contribution in [0.3, 0.4) is 0 Å². The van der Waals surface area contributed by atoms with E-state index in [1.165, 1.54) is 0 Å². The maximum absolute atomic E-state index is 12.4. The molecule has 0 aliphatic carbocycles. The average molecular weight is 349 g/mol. The molecule has 0 aliphatic heterocycles. The highest BCUT2D eigenvalue weighted by Gasteiger charge is 2.14. The topological polar surface area (TPSA) is 51.2 Å². The molecule has 1 amide bonds. The number of hydrogen-bond acceptors (Lipinski definition) is 3. The van der Waals surface area contributed by atoms with Gasteiger partial charge in [-0.05, 0) is 60.5 Å². The minimum atomic E-state index is -0.202. The van der Waals surface area contributed by atoms with E-state index >= 15 is 0 Å². The van der Waals surface area contributed by atoms with Gasteiger partial charge in [0.05, 0.1) is 11.7 Å². The molecule has 1 aromatic heterocycles. The van der Waals surface area contributed by atoms with Crippen LogP contribution in [0.1, 0.15) is 29.8 Å². The van der Waals surface area contributed by atoms with Crippen molar-refractivity contribution in [2.75, 3.05) is 5.32 Å². The third kappa shape index (κ3) is 3.82. The van der Waals surface area contributed by atoms with Crippen molar-refractivity contribution in [3.8, 4) is 5.88 Å². The summed E-state index contributed by atoms with van der Waals surface area (Å²) in [6.07, 6.45) is 1.62. The Labute approximate surface area is 132 Å². The first-order valence-electron chi connectivity index (χ1n) is 6.67. The van der Waals surface area contributed by atoms with Crippen molar-refractivity contribution in [2.45, 2.75) is 26.9 Å². The van der Waals surface area contributed by atoms with Crippen LogP contribution in [0.25, 0.3) is 0 Å². The second-order valence-corrected chi connectivity index (χ2v) is 5.71. The van der Waals surface area contributed by atoms with Crippen LogP contribution in [0.2, 0.25) is 0 Å². The molecule has 0 atom stereocenters. The van der Waals surface area contributed by atoms with Crippen LogP contribution < -0.4 is 10.1 Å². The maximum atomic E-state index is 12.4. The largest absolute Gasteiger partial charge is 0.473 e. The van der Waals surface area contributed by atoms with Gasteiger partial charge in [-0.25, -0.2) is 4.98 Å². The van der Waals surface area contributed by atoms with Crippen LogP contribution >= 0.6 is 15.9 Å². The number of hydrogen-bond donors (Lipinski definition) is 1. The fourth-order valence-electron chi connectivity index (χ4n) is 1.82. The van der Waals surface area contributed by atoms with Gasteiger partial charge in [-0.1, -0.05) is 12.1 Å². The molecule has 0 bridgehead atoms. The zero-order chi connectivity index (χ0) is 15.4. The highest BCUT2D eigenvalue weighted by atomic mass is 79.9. The van der Waals surface area contributed by atoms with E-state index in [-0.39, 0.29) is 12.0 Å². The third-order valence-electron chi connectivity index (χ3n) is 2.80. The number of amides is 1. The summed E-state index contributed by atoms with van der Waals surface area (Å²) in [7, 11) is 0. The van der Waals surface area contributed by atoms with Gasteiger partial charge in [-0.3, -0.25) is 4.79 Å². The van der Waals surface area contributed by atoms with Crippen molar-refractivity contribution in [3.05, 3.63) is 52.1 Å². The molecule has 1 heterocycles. The van der Waals surface area contributed by atoms with Gasteiger partial charge in [-0.2, -0.15) is 0 Å². The standard InChI is InChI=1S/C16H17BrN2O2/c1-10(2)21-16-13(8-5-9-18-16)19-15(20)12-7-4-6-11(3)14(12)17/h4-10H,1-3H3,(H,19,20). The Kier molecular flexibility index (Phi) is 4.96. The molecule has 21 heavy (non-hydrogen) atoms. The van der Waals surface area contributed by atoms with Gasteiger partial charge in [0, 0.05) is 10.7 Å². The van der Waals surface area contributed by atoms with Gasteiger partial charge >= 0.3 is 0 Å². The fourth-order valence-corrected chi connectivity index (χ4v) is 2.26. The third-order valence-corrected chi connectivity index (χ3v) is 3.86. The van der Waals surface area contributed by atoms with Crippen LogP contribution in [0.5, 0.6) is 5.88 Å². The molecular weight excluding hydrogens is 332 g/mol. The summed E-state index contributed by atoms with van der Waals surface area (Å²) in [5.74, 6) is 0.219. The molecule has 0 spiro atoms. The quantitative estimate of drug-likeness (QED) is 0.900. The number of pyridine rings is 1. The monoisotopic (exact) mass is 348 g/mol. The first-order valence-corrected chi connectivity index (χ1v) is 7.46. The summed E-state index contributed by atoms with van der Waals surface area (Å²) >= 11 is 3.45. The average Bonchev–Trinajstić information content (AvgIpc) is 2.43. The summed E-state index contributed by atoms with van der Waals surface area (Å²) < 4.78 is 6.39. The van der Waals surface area contributed by atoms with Gasteiger partial charge in [0.15, 0.2) is 0 Å². The number of ether oxygens (including phenoxy) is 1. The number of carbonyl (C=O) groups is 1. The highest BCUT2D eigenvalue weighted by Crippen LogP contribution is 2.25. The smallest absolute Gasteiger partial charge is 0.256 e. The SMILES string of the molecule is Cc1cccc(C(=O)Nc2cccnc2OC(C)C)c1Br. The first-order chi connectivity index (χ1) is 9.99. The van der Waals surface area contributed by atoms with Crippen LogP contribution in [0.4, 0.5) is 5.69 Å². The number of anilines is 1. The molecule has 4 nitrogen and oxygen atoms in total. The molecule has 0 saturated carbocycles. The summed E-state index contributed by atoms with van der Waals surface area (Å²) in [4.78, 5) is 16.6. The Hall–Kier alpha value is -1.88. The lowest BCUT2D eigenvalue weighted by Gasteiger charge is -2.14. The normalized spacial score (nSPS) is 10.5. The Bertz CT molecular complexity index is 656. The number of rotatable bonds is 4. The number of nitrogens with one attached hydrogen (secondary N) is 1. The van der Waals surface area contributed by atoms with E-state index in [2.05, 4.69) is 26.2 Å². The Morgan fingerprint density at radius 3 is 2.76 bits per heavy atom. The highest BCUT2D eigenvalue weighted by molar-refractivity contribution is 9.10. The Morgan fingerprint density at radius 1 is 1.29 bits per heavy atom. The molecule has 5 heteroatoms. The van der Waals surface area contributed by atoms with E-state index < -0.39 is 0 Å². The van der Waals surface area contributed by atoms with Crippen LogP contribution in [-0.2, 0) is 0 Å². The zero-order valence-corrected chi connectivity index (χ0v) is 13.8. The summed E-state index contributed by atoms with van der Waals surface area (Å²) in [5.41, 5.74) is 2.14. The number of carbonyl (C=O) groups excluding carboxylic acids is 1. The second kappa shape index (κ2) is 6.72. The predicted molar refractivity (Wildman–Crippen MR) is 86.8 cm³/mol. The number of nitrogens with zero attached hydrogens (tertiary/aromatic N) is 1. The van der Waals surface area contributed by atoms with E-state index in [1.54, 1.807) is 24.4 Å². The molecule has 0 fully saturated rings. The molecule has 0 saturated heterocycles.